The summed E-state index contributed by atoms with van der Waals surface area (Å²) in [7, 11) is 0. The van der Waals surface area contributed by atoms with Crippen LogP contribution in [0, 0.1) is 0 Å². The van der Waals surface area contributed by atoms with Gasteiger partial charge in [-0.25, -0.2) is 0 Å². The molecule has 0 fully saturated rings. The van der Waals surface area contributed by atoms with Gasteiger partial charge in [0.25, 0.3) is 0 Å². The molecular weight excluding hydrogens is 324 g/mol. The molecule has 0 spiro atoms. The summed E-state index contributed by atoms with van der Waals surface area (Å²) in [4.78, 5) is 4.68. The highest BCUT2D eigenvalue weighted by atomic mass is 16.4. The maximum Gasteiger partial charge on any atom is 0.247 e. The maximum absolute atomic E-state index is 5.77. The first-order valence-electron chi connectivity index (χ1n) is 8.84. The highest BCUT2D eigenvalue weighted by Crippen LogP contribution is 2.23. The molecule has 0 atom stereocenters. The van der Waals surface area contributed by atoms with Crippen molar-refractivity contribution in [3.8, 4) is 11.5 Å². The SMILES string of the molecule is CCc1cc(NCCc2nnc(-c3ccccc3)o2)c2ccccc2n1. The van der Waals surface area contributed by atoms with Crippen LogP contribution in [-0.2, 0) is 12.8 Å². The summed E-state index contributed by atoms with van der Waals surface area (Å²) in [5, 5.41) is 12.9. The van der Waals surface area contributed by atoms with E-state index < -0.39 is 0 Å². The van der Waals surface area contributed by atoms with E-state index in [2.05, 4.69) is 39.6 Å². The lowest BCUT2D eigenvalue weighted by molar-refractivity contribution is 0.509. The molecule has 4 aromatic rings. The number of aromatic nitrogens is 3. The fourth-order valence-corrected chi connectivity index (χ4v) is 2.91. The number of pyridine rings is 1. The third kappa shape index (κ3) is 3.42. The zero-order valence-corrected chi connectivity index (χ0v) is 14.6. The minimum Gasteiger partial charge on any atom is -0.421 e. The summed E-state index contributed by atoms with van der Waals surface area (Å²) in [5.41, 5.74) is 4.12. The Balaban J connectivity index is 1.47. The number of aryl methyl sites for hydroxylation is 1. The molecule has 0 amide bonds. The summed E-state index contributed by atoms with van der Waals surface area (Å²) in [6.07, 6.45) is 1.57. The Morgan fingerprint density at radius 2 is 1.77 bits per heavy atom. The first-order chi connectivity index (χ1) is 12.8. The molecule has 2 aromatic carbocycles. The summed E-state index contributed by atoms with van der Waals surface area (Å²) in [6.45, 7) is 2.83. The third-order valence-electron chi connectivity index (χ3n) is 4.27. The van der Waals surface area contributed by atoms with Gasteiger partial charge in [0.05, 0.1) is 5.52 Å². The van der Waals surface area contributed by atoms with Crippen molar-refractivity contribution >= 4 is 16.6 Å². The van der Waals surface area contributed by atoms with Crippen LogP contribution in [0.5, 0.6) is 0 Å². The zero-order valence-electron chi connectivity index (χ0n) is 14.6. The van der Waals surface area contributed by atoms with Crippen LogP contribution in [0.4, 0.5) is 5.69 Å². The lowest BCUT2D eigenvalue weighted by atomic mass is 10.1. The van der Waals surface area contributed by atoms with E-state index in [9.17, 15) is 0 Å². The fourth-order valence-electron chi connectivity index (χ4n) is 2.91. The molecule has 0 radical (unpaired) electrons. The van der Waals surface area contributed by atoms with E-state index in [1.165, 1.54) is 0 Å². The topological polar surface area (TPSA) is 63.8 Å². The molecule has 0 bridgehead atoms. The smallest absolute Gasteiger partial charge is 0.247 e. The number of nitrogens with one attached hydrogen (secondary N) is 1. The monoisotopic (exact) mass is 344 g/mol. The van der Waals surface area contributed by atoms with Crippen LogP contribution in [0.3, 0.4) is 0 Å². The Morgan fingerprint density at radius 3 is 2.62 bits per heavy atom. The minimum atomic E-state index is 0.559. The molecule has 5 nitrogen and oxygen atoms in total. The van der Waals surface area contributed by atoms with E-state index in [4.69, 9.17) is 4.42 Å². The highest BCUT2D eigenvalue weighted by Gasteiger charge is 2.09. The number of para-hydroxylation sites is 1. The molecule has 2 heterocycles. The van der Waals surface area contributed by atoms with Crippen molar-refractivity contribution in [2.45, 2.75) is 19.8 Å². The second-order valence-electron chi connectivity index (χ2n) is 6.08. The van der Waals surface area contributed by atoms with Gasteiger partial charge in [-0.2, -0.15) is 0 Å². The van der Waals surface area contributed by atoms with E-state index in [0.29, 0.717) is 24.7 Å². The van der Waals surface area contributed by atoms with Gasteiger partial charge in [0, 0.05) is 35.3 Å². The molecule has 0 aliphatic heterocycles. The van der Waals surface area contributed by atoms with Crippen molar-refractivity contribution in [1.29, 1.82) is 0 Å². The van der Waals surface area contributed by atoms with Gasteiger partial charge in [-0.15, -0.1) is 10.2 Å². The van der Waals surface area contributed by atoms with E-state index in [-0.39, 0.29) is 0 Å². The van der Waals surface area contributed by atoms with Crippen LogP contribution in [0.15, 0.2) is 65.1 Å². The lowest BCUT2D eigenvalue weighted by Crippen LogP contribution is -2.06. The van der Waals surface area contributed by atoms with E-state index in [1.54, 1.807) is 0 Å². The van der Waals surface area contributed by atoms with Crippen molar-refractivity contribution in [1.82, 2.24) is 15.2 Å². The van der Waals surface area contributed by atoms with Crippen molar-refractivity contribution in [3.63, 3.8) is 0 Å². The first-order valence-corrected chi connectivity index (χ1v) is 8.84. The summed E-state index contributed by atoms with van der Waals surface area (Å²) in [6, 6.07) is 20.1. The zero-order chi connectivity index (χ0) is 17.8. The molecule has 0 saturated carbocycles. The van der Waals surface area contributed by atoms with Crippen LogP contribution in [-0.4, -0.2) is 21.7 Å². The highest BCUT2D eigenvalue weighted by molar-refractivity contribution is 5.91. The number of nitrogens with zero attached hydrogens (tertiary/aromatic N) is 3. The Morgan fingerprint density at radius 1 is 0.962 bits per heavy atom. The van der Waals surface area contributed by atoms with Gasteiger partial charge in [0.2, 0.25) is 11.8 Å². The van der Waals surface area contributed by atoms with Crippen LogP contribution in [0.25, 0.3) is 22.4 Å². The van der Waals surface area contributed by atoms with Crippen LogP contribution >= 0.6 is 0 Å². The molecule has 4 rings (SSSR count). The van der Waals surface area contributed by atoms with Crippen molar-refractivity contribution in [2.75, 3.05) is 11.9 Å². The number of rotatable bonds is 6. The van der Waals surface area contributed by atoms with Gasteiger partial charge < -0.3 is 9.73 Å². The van der Waals surface area contributed by atoms with Gasteiger partial charge in [-0.1, -0.05) is 43.3 Å². The van der Waals surface area contributed by atoms with Crippen LogP contribution in [0.2, 0.25) is 0 Å². The maximum atomic E-state index is 5.77. The average Bonchev–Trinajstić information content (AvgIpc) is 3.17. The van der Waals surface area contributed by atoms with Gasteiger partial charge in [0.1, 0.15) is 0 Å². The molecule has 0 unspecified atom stereocenters. The Bertz CT molecular complexity index is 1010. The van der Waals surface area contributed by atoms with Gasteiger partial charge in [-0.3, -0.25) is 4.98 Å². The quantitative estimate of drug-likeness (QED) is 0.558. The third-order valence-corrected chi connectivity index (χ3v) is 4.27. The molecule has 130 valence electrons. The predicted molar refractivity (Wildman–Crippen MR) is 103 cm³/mol. The number of fused-ring (bicyclic) bond motifs is 1. The molecule has 1 N–H and O–H groups in total. The second-order valence-corrected chi connectivity index (χ2v) is 6.08. The van der Waals surface area contributed by atoms with E-state index in [1.807, 2.05) is 48.5 Å². The largest absolute Gasteiger partial charge is 0.421 e. The summed E-state index contributed by atoms with van der Waals surface area (Å²) >= 11 is 0. The molecular formula is C21H20N4O. The number of benzene rings is 2. The molecule has 0 aliphatic carbocycles. The molecule has 0 saturated heterocycles. The standard InChI is InChI=1S/C21H20N4O/c1-2-16-14-19(17-10-6-7-11-18(17)23-16)22-13-12-20-24-25-21(26-20)15-8-4-3-5-9-15/h3-11,14H,2,12-13H2,1H3,(H,22,23). The normalized spacial score (nSPS) is 11.0. The lowest BCUT2D eigenvalue weighted by Gasteiger charge is -2.10. The number of hydrogen-bond donors (Lipinski definition) is 1. The van der Waals surface area contributed by atoms with Crippen molar-refractivity contribution < 1.29 is 4.42 Å². The van der Waals surface area contributed by atoms with E-state index >= 15 is 0 Å². The number of anilines is 1. The van der Waals surface area contributed by atoms with Crippen molar-refractivity contribution in [2.24, 2.45) is 0 Å². The average molecular weight is 344 g/mol. The fraction of sp³-hybridized carbons (Fsp3) is 0.190. The van der Waals surface area contributed by atoms with Crippen LogP contribution in [0.1, 0.15) is 18.5 Å². The second kappa shape index (κ2) is 7.35. The Kier molecular flexibility index (Phi) is 4.60. The van der Waals surface area contributed by atoms with Gasteiger partial charge >= 0.3 is 0 Å². The van der Waals surface area contributed by atoms with E-state index in [0.717, 1.165) is 34.3 Å². The molecule has 26 heavy (non-hydrogen) atoms. The first kappa shape index (κ1) is 16.3. The van der Waals surface area contributed by atoms with Gasteiger partial charge in [0.15, 0.2) is 0 Å². The molecule has 5 heteroatoms. The minimum absolute atomic E-state index is 0.559. The van der Waals surface area contributed by atoms with Gasteiger partial charge in [-0.05, 0) is 30.7 Å². The summed E-state index contributed by atoms with van der Waals surface area (Å²) in [5.74, 6) is 1.19. The van der Waals surface area contributed by atoms with Crippen LogP contribution < -0.4 is 5.32 Å². The Labute approximate surface area is 152 Å². The molecule has 0 aliphatic rings. The van der Waals surface area contributed by atoms with Crippen molar-refractivity contribution in [3.05, 3.63) is 72.2 Å². The Hall–Kier alpha value is -3.21. The number of hydrogen-bond acceptors (Lipinski definition) is 5. The summed E-state index contributed by atoms with van der Waals surface area (Å²) < 4.78 is 5.77. The molecule has 2 aromatic heterocycles. The predicted octanol–water partition coefficient (Wildman–Crippen LogP) is 4.50.